The molecule has 1 amide bonds. The van der Waals surface area contributed by atoms with Gasteiger partial charge in [-0.1, -0.05) is 12.1 Å². The van der Waals surface area contributed by atoms with Crippen molar-refractivity contribution >= 4 is 38.2 Å². The standard InChI is InChI=1S/C18H16N2O5S/c1-10-8-12(3-6-15(10)19)18(22)20-16-7-4-11-2-5-13(26(23,24)25)9-14(11)17(16)21/h2-9,21H,19H2,1H3,(H,20,22)(H,23,24,25). The molecule has 134 valence electrons. The minimum absolute atomic E-state index is 0.115. The normalized spacial score (nSPS) is 11.5. The van der Waals surface area contributed by atoms with Gasteiger partial charge in [-0.3, -0.25) is 9.35 Å². The Bertz CT molecular complexity index is 1140. The van der Waals surface area contributed by atoms with Crippen molar-refractivity contribution in [1.82, 2.24) is 0 Å². The van der Waals surface area contributed by atoms with E-state index in [-0.39, 0.29) is 21.7 Å². The molecule has 3 aromatic rings. The van der Waals surface area contributed by atoms with Gasteiger partial charge >= 0.3 is 0 Å². The van der Waals surface area contributed by atoms with Crippen molar-refractivity contribution in [2.45, 2.75) is 11.8 Å². The topological polar surface area (TPSA) is 130 Å². The van der Waals surface area contributed by atoms with Crippen molar-refractivity contribution in [3.8, 4) is 5.75 Å². The van der Waals surface area contributed by atoms with Crippen LogP contribution in [0.15, 0.2) is 53.4 Å². The Morgan fingerprint density at radius 1 is 1.08 bits per heavy atom. The smallest absolute Gasteiger partial charge is 0.294 e. The predicted molar refractivity (Wildman–Crippen MR) is 99.0 cm³/mol. The van der Waals surface area contributed by atoms with Crippen LogP contribution in [0.3, 0.4) is 0 Å². The summed E-state index contributed by atoms with van der Waals surface area (Å²) in [7, 11) is -4.41. The molecule has 8 heteroatoms. The average molecular weight is 372 g/mol. The zero-order valence-electron chi connectivity index (χ0n) is 13.7. The molecule has 0 atom stereocenters. The number of aryl methyl sites for hydroxylation is 1. The van der Waals surface area contributed by atoms with Gasteiger partial charge < -0.3 is 16.2 Å². The molecule has 0 radical (unpaired) electrons. The van der Waals surface area contributed by atoms with E-state index in [4.69, 9.17) is 10.3 Å². The quantitative estimate of drug-likeness (QED) is 0.318. The number of hydrogen-bond donors (Lipinski definition) is 4. The Morgan fingerprint density at radius 2 is 1.77 bits per heavy atom. The van der Waals surface area contributed by atoms with E-state index in [0.717, 1.165) is 11.6 Å². The van der Waals surface area contributed by atoms with E-state index in [2.05, 4.69) is 5.32 Å². The van der Waals surface area contributed by atoms with Crippen LogP contribution in [-0.4, -0.2) is 24.0 Å². The summed E-state index contributed by atoms with van der Waals surface area (Å²) in [6.45, 7) is 1.77. The van der Waals surface area contributed by atoms with Gasteiger partial charge in [0.25, 0.3) is 16.0 Å². The van der Waals surface area contributed by atoms with Gasteiger partial charge in [0.05, 0.1) is 10.6 Å². The van der Waals surface area contributed by atoms with E-state index in [9.17, 15) is 18.3 Å². The number of carbonyl (C=O) groups is 1. The zero-order chi connectivity index (χ0) is 19.1. The van der Waals surface area contributed by atoms with Gasteiger partial charge in [-0.15, -0.1) is 0 Å². The number of amides is 1. The molecule has 0 saturated heterocycles. The molecule has 0 aliphatic heterocycles. The molecular weight excluding hydrogens is 356 g/mol. The molecule has 5 N–H and O–H groups in total. The molecule has 0 heterocycles. The van der Waals surface area contributed by atoms with Crippen molar-refractivity contribution in [2.75, 3.05) is 11.1 Å². The third-order valence-corrected chi connectivity index (χ3v) is 4.89. The summed E-state index contributed by atoms with van der Waals surface area (Å²) < 4.78 is 31.7. The van der Waals surface area contributed by atoms with Crippen LogP contribution in [0.4, 0.5) is 11.4 Å². The number of nitrogens with two attached hydrogens (primary N) is 1. The van der Waals surface area contributed by atoms with Crippen LogP contribution in [0.5, 0.6) is 5.75 Å². The highest BCUT2D eigenvalue weighted by Crippen LogP contribution is 2.34. The molecule has 0 saturated carbocycles. The number of nitrogen functional groups attached to an aromatic ring is 1. The Hall–Kier alpha value is -3.10. The largest absolute Gasteiger partial charge is 0.505 e. The highest BCUT2D eigenvalue weighted by Gasteiger charge is 2.15. The number of benzene rings is 3. The summed E-state index contributed by atoms with van der Waals surface area (Å²) in [5.74, 6) is -0.748. The lowest BCUT2D eigenvalue weighted by atomic mass is 10.1. The molecule has 0 aromatic heterocycles. The fraction of sp³-hybridized carbons (Fsp3) is 0.0556. The van der Waals surface area contributed by atoms with Crippen LogP contribution in [0, 0.1) is 6.92 Å². The summed E-state index contributed by atoms with van der Waals surface area (Å²) in [5.41, 5.74) is 7.53. The van der Waals surface area contributed by atoms with Crippen molar-refractivity contribution < 1.29 is 22.9 Å². The van der Waals surface area contributed by atoms with Crippen LogP contribution in [0.25, 0.3) is 10.8 Å². The number of nitrogens with one attached hydrogen (secondary N) is 1. The summed E-state index contributed by atoms with van der Waals surface area (Å²) in [6.07, 6.45) is 0. The first-order valence-electron chi connectivity index (χ1n) is 7.57. The Balaban J connectivity index is 2.01. The zero-order valence-corrected chi connectivity index (χ0v) is 14.5. The van der Waals surface area contributed by atoms with Crippen molar-refractivity contribution in [3.63, 3.8) is 0 Å². The van der Waals surface area contributed by atoms with Gasteiger partial charge in [-0.25, -0.2) is 0 Å². The number of rotatable bonds is 3. The molecule has 3 aromatic carbocycles. The molecule has 26 heavy (non-hydrogen) atoms. The van der Waals surface area contributed by atoms with E-state index in [1.54, 1.807) is 31.2 Å². The Kier molecular flexibility index (Phi) is 4.31. The number of fused-ring (bicyclic) bond motifs is 1. The Morgan fingerprint density at radius 3 is 2.42 bits per heavy atom. The third kappa shape index (κ3) is 3.32. The predicted octanol–water partition coefficient (Wildman–Crippen LogP) is 2.94. The maximum atomic E-state index is 12.4. The van der Waals surface area contributed by atoms with Crippen LogP contribution < -0.4 is 11.1 Å². The lowest BCUT2D eigenvalue weighted by Gasteiger charge is -2.11. The summed E-state index contributed by atoms with van der Waals surface area (Å²) in [4.78, 5) is 12.0. The van der Waals surface area contributed by atoms with Crippen LogP contribution in [0.2, 0.25) is 0 Å². The number of phenols is 1. The van der Waals surface area contributed by atoms with Crippen molar-refractivity contribution in [3.05, 3.63) is 59.7 Å². The van der Waals surface area contributed by atoms with Gasteiger partial charge in [0.1, 0.15) is 5.75 Å². The minimum atomic E-state index is -4.41. The van der Waals surface area contributed by atoms with Gasteiger partial charge in [-0.2, -0.15) is 8.42 Å². The first-order valence-corrected chi connectivity index (χ1v) is 9.01. The molecule has 0 aliphatic carbocycles. The lowest BCUT2D eigenvalue weighted by Crippen LogP contribution is -2.12. The second kappa shape index (κ2) is 6.32. The molecule has 0 bridgehead atoms. The second-order valence-corrected chi connectivity index (χ2v) is 7.27. The van der Waals surface area contributed by atoms with E-state index in [0.29, 0.717) is 16.6 Å². The first-order chi connectivity index (χ1) is 12.2. The van der Waals surface area contributed by atoms with Gasteiger partial charge in [-0.05, 0) is 54.3 Å². The SMILES string of the molecule is Cc1cc(C(=O)Nc2ccc3ccc(S(=O)(=O)O)cc3c2O)ccc1N. The van der Waals surface area contributed by atoms with Crippen LogP contribution >= 0.6 is 0 Å². The molecule has 0 unspecified atom stereocenters. The lowest BCUT2D eigenvalue weighted by molar-refractivity contribution is 0.102. The van der Waals surface area contributed by atoms with Crippen LogP contribution in [-0.2, 0) is 10.1 Å². The Labute approximate surface area is 149 Å². The molecule has 0 spiro atoms. The molecule has 0 fully saturated rings. The van der Waals surface area contributed by atoms with E-state index < -0.39 is 16.0 Å². The van der Waals surface area contributed by atoms with E-state index in [1.165, 1.54) is 18.2 Å². The molecule has 0 aliphatic rings. The number of carbonyl (C=O) groups excluding carboxylic acids is 1. The maximum absolute atomic E-state index is 12.4. The minimum Gasteiger partial charge on any atom is -0.505 e. The third-order valence-electron chi connectivity index (χ3n) is 4.04. The maximum Gasteiger partial charge on any atom is 0.294 e. The van der Waals surface area contributed by atoms with E-state index >= 15 is 0 Å². The van der Waals surface area contributed by atoms with Gasteiger partial charge in [0, 0.05) is 16.6 Å². The number of anilines is 2. The van der Waals surface area contributed by atoms with E-state index in [1.807, 2.05) is 0 Å². The molecule has 7 nitrogen and oxygen atoms in total. The highest BCUT2D eigenvalue weighted by molar-refractivity contribution is 7.85. The summed E-state index contributed by atoms with van der Waals surface area (Å²) in [5, 5.41) is 13.7. The number of aromatic hydroxyl groups is 1. The van der Waals surface area contributed by atoms with Crippen LogP contribution in [0.1, 0.15) is 15.9 Å². The van der Waals surface area contributed by atoms with Gasteiger partial charge in [0.2, 0.25) is 0 Å². The average Bonchev–Trinajstić information content (AvgIpc) is 2.58. The second-order valence-electron chi connectivity index (χ2n) is 5.85. The molecule has 3 rings (SSSR count). The fourth-order valence-corrected chi connectivity index (χ4v) is 3.06. The molecular formula is C18H16N2O5S. The summed E-state index contributed by atoms with van der Waals surface area (Å²) >= 11 is 0. The van der Waals surface area contributed by atoms with Crippen molar-refractivity contribution in [1.29, 1.82) is 0 Å². The van der Waals surface area contributed by atoms with Gasteiger partial charge in [0.15, 0.2) is 0 Å². The van der Waals surface area contributed by atoms with Crippen molar-refractivity contribution in [2.24, 2.45) is 0 Å². The fourth-order valence-electron chi connectivity index (χ4n) is 2.56. The number of hydrogen-bond acceptors (Lipinski definition) is 5. The first kappa shape index (κ1) is 17.7. The summed E-state index contributed by atoms with van der Waals surface area (Å²) in [6, 6.07) is 11.7. The monoisotopic (exact) mass is 372 g/mol. The number of phenolic OH excluding ortho intramolecular Hbond substituents is 1. The highest BCUT2D eigenvalue weighted by atomic mass is 32.2.